The number of aromatic nitrogens is 2. The first-order chi connectivity index (χ1) is 13.4. The minimum absolute atomic E-state index is 0.0164. The summed E-state index contributed by atoms with van der Waals surface area (Å²) in [6.45, 7) is 8.96. The van der Waals surface area contributed by atoms with Gasteiger partial charge in [0.2, 0.25) is 0 Å². The molecule has 2 aromatic heterocycles. The van der Waals surface area contributed by atoms with Crippen molar-refractivity contribution in [2.45, 2.75) is 45.6 Å². The lowest BCUT2D eigenvalue weighted by Gasteiger charge is -2.29. The Morgan fingerprint density at radius 1 is 1.18 bits per heavy atom. The third-order valence-corrected chi connectivity index (χ3v) is 6.88. The monoisotopic (exact) mass is 410 g/mol. The van der Waals surface area contributed by atoms with Crippen molar-refractivity contribution in [1.82, 2.24) is 9.13 Å². The van der Waals surface area contributed by atoms with Gasteiger partial charge in [0.05, 0.1) is 57.0 Å². The summed E-state index contributed by atoms with van der Waals surface area (Å²) < 4.78 is 14.2. The van der Waals surface area contributed by atoms with E-state index >= 15 is 0 Å². The maximum Gasteiger partial charge on any atom is 0.332 e. The molecular weight excluding hydrogens is 382 g/mol. The number of hydrogen-bond donors (Lipinski definition) is 2. The summed E-state index contributed by atoms with van der Waals surface area (Å²) in [7, 11) is 0. The van der Waals surface area contributed by atoms with Crippen molar-refractivity contribution in [3.05, 3.63) is 31.3 Å². The van der Waals surface area contributed by atoms with Crippen molar-refractivity contribution in [3.63, 3.8) is 0 Å². The summed E-state index contributed by atoms with van der Waals surface area (Å²) in [5.41, 5.74) is 0.0337. The summed E-state index contributed by atoms with van der Waals surface area (Å²) >= 11 is 1.50. The average molecular weight is 411 g/mol. The van der Waals surface area contributed by atoms with E-state index in [0.29, 0.717) is 25.0 Å². The molecule has 2 aliphatic heterocycles. The van der Waals surface area contributed by atoms with Crippen LogP contribution in [-0.4, -0.2) is 59.3 Å². The number of morpholine rings is 1. The molecule has 0 bridgehead atoms. The second-order valence-corrected chi connectivity index (χ2v) is 9.22. The van der Waals surface area contributed by atoms with Crippen LogP contribution in [0, 0.1) is 0 Å². The zero-order chi connectivity index (χ0) is 19.9. The lowest BCUT2D eigenvalue weighted by Crippen LogP contribution is -3.14. The van der Waals surface area contributed by atoms with E-state index in [9.17, 15) is 14.7 Å². The van der Waals surface area contributed by atoms with Gasteiger partial charge in [0.25, 0.3) is 5.56 Å². The molecule has 0 spiro atoms. The van der Waals surface area contributed by atoms with Gasteiger partial charge in [-0.15, -0.1) is 11.3 Å². The van der Waals surface area contributed by atoms with E-state index in [1.165, 1.54) is 20.8 Å². The zero-order valence-electron chi connectivity index (χ0n) is 16.5. The van der Waals surface area contributed by atoms with Crippen molar-refractivity contribution in [3.8, 4) is 0 Å². The number of thiophene rings is 1. The highest BCUT2D eigenvalue weighted by molar-refractivity contribution is 7.18. The smallest absolute Gasteiger partial charge is 0.332 e. The quantitative estimate of drug-likeness (QED) is 0.659. The van der Waals surface area contributed by atoms with Gasteiger partial charge in [0.15, 0.2) is 0 Å². The minimum Gasteiger partial charge on any atom is -0.395 e. The predicted octanol–water partition coefficient (Wildman–Crippen LogP) is -1.02. The summed E-state index contributed by atoms with van der Waals surface area (Å²) in [4.78, 5) is 29.4. The number of aliphatic hydroxyl groups excluding tert-OH is 1. The van der Waals surface area contributed by atoms with Crippen LogP contribution in [0.25, 0.3) is 10.2 Å². The number of fused-ring (bicyclic) bond motifs is 3. The van der Waals surface area contributed by atoms with Gasteiger partial charge < -0.3 is 19.5 Å². The van der Waals surface area contributed by atoms with Gasteiger partial charge in [-0.2, -0.15) is 0 Å². The first kappa shape index (κ1) is 19.8. The largest absolute Gasteiger partial charge is 0.395 e. The van der Waals surface area contributed by atoms with E-state index in [4.69, 9.17) is 9.47 Å². The third kappa shape index (κ3) is 3.57. The highest BCUT2D eigenvalue weighted by atomic mass is 32.1. The number of ether oxygens (including phenoxy) is 2. The lowest BCUT2D eigenvalue weighted by molar-refractivity contribution is -0.908. The van der Waals surface area contributed by atoms with Crippen molar-refractivity contribution >= 4 is 21.6 Å². The standard InChI is InChI=1S/C19H27N3O5S/c1-19(2)11-13-14(12-27-19)28-17-15(13)16(24)21(5-8-23)18(25)22(17)4-3-20-6-9-26-10-7-20/h23H,3-12H2,1-2H3/p+1. The molecule has 1 saturated heterocycles. The Labute approximate surface area is 166 Å². The maximum atomic E-state index is 13.1. The topological polar surface area (TPSA) is 87.1 Å². The van der Waals surface area contributed by atoms with Crippen LogP contribution >= 0.6 is 11.3 Å². The highest BCUT2D eigenvalue weighted by Gasteiger charge is 2.32. The fraction of sp³-hybridized carbons (Fsp3) is 0.684. The molecule has 1 fully saturated rings. The first-order valence-corrected chi connectivity index (χ1v) is 10.7. The van der Waals surface area contributed by atoms with Gasteiger partial charge in [-0.3, -0.25) is 13.9 Å². The number of quaternary nitrogens is 1. The Morgan fingerprint density at radius 3 is 2.64 bits per heavy atom. The van der Waals surface area contributed by atoms with Gasteiger partial charge >= 0.3 is 5.69 Å². The van der Waals surface area contributed by atoms with Gasteiger partial charge in [-0.1, -0.05) is 0 Å². The number of hydrogen-bond acceptors (Lipinski definition) is 6. The molecule has 154 valence electrons. The van der Waals surface area contributed by atoms with E-state index in [0.717, 1.165) is 48.1 Å². The molecule has 9 heteroatoms. The number of aliphatic hydroxyl groups is 1. The maximum absolute atomic E-state index is 13.1. The van der Waals surface area contributed by atoms with Crippen molar-refractivity contribution in [2.75, 3.05) is 39.5 Å². The predicted molar refractivity (Wildman–Crippen MR) is 106 cm³/mol. The molecule has 0 radical (unpaired) electrons. The molecule has 4 heterocycles. The van der Waals surface area contributed by atoms with Crippen LogP contribution in [0.5, 0.6) is 0 Å². The summed E-state index contributed by atoms with van der Waals surface area (Å²) in [6.07, 6.45) is 0.642. The van der Waals surface area contributed by atoms with E-state index in [1.54, 1.807) is 4.57 Å². The Bertz CT molecular complexity index is 984. The molecule has 0 aliphatic carbocycles. The second kappa shape index (κ2) is 7.72. The van der Waals surface area contributed by atoms with Crippen LogP contribution in [0.1, 0.15) is 24.3 Å². The van der Waals surface area contributed by atoms with E-state index < -0.39 is 0 Å². The lowest BCUT2D eigenvalue weighted by atomic mass is 9.94. The molecule has 8 nitrogen and oxygen atoms in total. The Balaban J connectivity index is 1.82. The Kier molecular flexibility index (Phi) is 5.45. The second-order valence-electron chi connectivity index (χ2n) is 8.14. The van der Waals surface area contributed by atoms with Gasteiger partial charge in [0.1, 0.15) is 17.9 Å². The van der Waals surface area contributed by atoms with Crippen LogP contribution in [-0.2, 0) is 35.6 Å². The van der Waals surface area contributed by atoms with Crippen molar-refractivity contribution in [2.24, 2.45) is 0 Å². The van der Waals surface area contributed by atoms with Crippen molar-refractivity contribution in [1.29, 1.82) is 0 Å². The van der Waals surface area contributed by atoms with Crippen molar-refractivity contribution < 1.29 is 19.5 Å². The highest BCUT2D eigenvalue weighted by Crippen LogP contribution is 2.37. The molecule has 4 rings (SSSR count). The molecule has 28 heavy (non-hydrogen) atoms. The zero-order valence-corrected chi connectivity index (χ0v) is 17.3. The van der Waals surface area contributed by atoms with Crippen LogP contribution in [0.4, 0.5) is 0 Å². The number of nitrogens with one attached hydrogen (secondary N) is 1. The minimum atomic E-state index is -0.339. The number of rotatable bonds is 5. The fourth-order valence-electron chi connectivity index (χ4n) is 4.08. The summed E-state index contributed by atoms with van der Waals surface area (Å²) in [5.74, 6) is 0. The molecule has 0 unspecified atom stereocenters. The molecule has 0 saturated carbocycles. The third-order valence-electron chi connectivity index (χ3n) is 5.65. The fourth-order valence-corrected chi connectivity index (χ4v) is 5.32. The molecular formula is C19H28N3O5S+. The van der Waals surface area contributed by atoms with E-state index in [1.807, 2.05) is 13.8 Å². The van der Waals surface area contributed by atoms with Crippen LogP contribution in [0.2, 0.25) is 0 Å². The molecule has 0 aromatic carbocycles. The van der Waals surface area contributed by atoms with Gasteiger partial charge in [0, 0.05) is 11.3 Å². The Morgan fingerprint density at radius 2 is 1.93 bits per heavy atom. The summed E-state index contributed by atoms with van der Waals surface area (Å²) in [6, 6.07) is 0. The molecule has 2 aliphatic rings. The molecule has 0 amide bonds. The van der Waals surface area contributed by atoms with E-state index in [2.05, 4.69) is 0 Å². The normalized spacial score (nSPS) is 19.8. The van der Waals surface area contributed by atoms with E-state index in [-0.39, 0.29) is 30.0 Å². The van der Waals surface area contributed by atoms with Gasteiger partial charge in [-0.05, 0) is 19.4 Å². The average Bonchev–Trinajstić information content (AvgIpc) is 3.03. The molecule has 2 N–H and O–H groups in total. The SMILES string of the molecule is CC1(C)Cc2c(sc3c2c(=O)n(CCO)c(=O)n3CC[NH+]2CCOCC2)CO1. The molecule has 2 aromatic rings. The Hall–Kier alpha value is -1.52. The summed E-state index contributed by atoms with van der Waals surface area (Å²) in [5, 5.41) is 10.0. The number of nitrogens with zero attached hydrogens (tertiary/aromatic N) is 2. The first-order valence-electron chi connectivity index (χ1n) is 9.85. The van der Waals surface area contributed by atoms with Crippen LogP contribution in [0.3, 0.4) is 0 Å². The van der Waals surface area contributed by atoms with Crippen LogP contribution in [0.15, 0.2) is 9.59 Å². The van der Waals surface area contributed by atoms with Gasteiger partial charge in [-0.25, -0.2) is 4.79 Å². The van der Waals surface area contributed by atoms with Crippen LogP contribution < -0.4 is 16.1 Å². The molecule has 0 atom stereocenters.